The Bertz CT molecular complexity index is 567. The second-order valence-corrected chi connectivity index (χ2v) is 3.75. The first-order valence-corrected chi connectivity index (χ1v) is 4.89. The minimum Gasteiger partial charge on any atom is -0.508 e. The van der Waals surface area contributed by atoms with Crippen molar-refractivity contribution in [2.75, 3.05) is 0 Å². The Morgan fingerprint density at radius 2 is 1.47 bits per heavy atom. The molecular formula is C14H10O. The van der Waals surface area contributed by atoms with Crippen LogP contribution in [0.2, 0.25) is 0 Å². The second-order valence-electron chi connectivity index (χ2n) is 3.75. The van der Waals surface area contributed by atoms with Gasteiger partial charge in [0, 0.05) is 0 Å². The van der Waals surface area contributed by atoms with E-state index < -0.39 is 0 Å². The maximum Gasteiger partial charge on any atom is 0.116 e. The van der Waals surface area contributed by atoms with Gasteiger partial charge < -0.3 is 5.11 Å². The maximum atomic E-state index is 9.45. The Kier molecular flexibility index (Phi) is 1.51. The number of fused-ring (bicyclic) bond motifs is 3. The van der Waals surface area contributed by atoms with Gasteiger partial charge in [-0.15, -0.1) is 0 Å². The minimum absolute atomic E-state index is 0.294. The van der Waals surface area contributed by atoms with Crippen LogP contribution in [0.1, 0.15) is 11.1 Å². The van der Waals surface area contributed by atoms with Crippen LogP contribution in [-0.4, -0.2) is 5.11 Å². The molecular weight excluding hydrogens is 184 g/mol. The molecule has 2 aromatic carbocycles. The summed E-state index contributed by atoms with van der Waals surface area (Å²) in [5.41, 5.74) is 5.57. The Balaban J connectivity index is 2.38. The number of hydrogen-bond acceptors (Lipinski definition) is 1. The van der Waals surface area contributed by atoms with Crippen molar-refractivity contribution < 1.29 is 5.11 Å². The average molecular weight is 194 g/mol. The van der Waals surface area contributed by atoms with Crippen molar-refractivity contribution in [1.29, 1.82) is 0 Å². The molecule has 0 fully saturated rings. The van der Waals surface area contributed by atoms with Crippen molar-refractivity contribution in [3.8, 4) is 16.9 Å². The van der Waals surface area contributed by atoms with Gasteiger partial charge >= 0.3 is 0 Å². The van der Waals surface area contributed by atoms with Gasteiger partial charge in [0.15, 0.2) is 0 Å². The summed E-state index contributed by atoms with van der Waals surface area (Å²) in [6, 6.07) is 13.6. The zero-order chi connectivity index (χ0) is 10.4. The molecule has 0 heterocycles. The van der Waals surface area contributed by atoms with E-state index in [1.807, 2.05) is 18.2 Å². The van der Waals surface area contributed by atoms with Crippen LogP contribution in [0.25, 0.3) is 16.7 Å². The van der Waals surface area contributed by atoms with Crippen molar-refractivity contribution in [2.24, 2.45) is 0 Å². The van der Waals surface area contributed by atoms with Crippen molar-refractivity contribution in [2.45, 2.75) is 0 Å². The van der Waals surface area contributed by atoms with Crippen molar-refractivity contribution >= 4 is 5.57 Å². The molecule has 0 spiro atoms. The second kappa shape index (κ2) is 2.74. The molecule has 0 bridgehead atoms. The van der Waals surface area contributed by atoms with Crippen LogP contribution in [0.4, 0.5) is 0 Å². The maximum absolute atomic E-state index is 9.45. The average Bonchev–Trinajstić information content (AvgIpc) is 2.54. The summed E-state index contributed by atoms with van der Waals surface area (Å²) in [5, 5.41) is 9.45. The molecule has 1 N–H and O–H groups in total. The van der Waals surface area contributed by atoms with Crippen LogP contribution in [-0.2, 0) is 0 Å². The van der Waals surface area contributed by atoms with E-state index in [2.05, 4.69) is 18.7 Å². The smallest absolute Gasteiger partial charge is 0.116 e. The molecule has 0 aromatic heterocycles. The summed E-state index contributed by atoms with van der Waals surface area (Å²) < 4.78 is 0. The summed E-state index contributed by atoms with van der Waals surface area (Å²) in [5.74, 6) is 0.294. The third kappa shape index (κ3) is 1.03. The van der Waals surface area contributed by atoms with Gasteiger partial charge in [0.05, 0.1) is 0 Å². The Hall–Kier alpha value is -2.02. The number of hydrogen-bond donors (Lipinski definition) is 1. The van der Waals surface area contributed by atoms with Crippen molar-refractivity contribution in [3.63, 3.8) is 0 Å². The topological polar surface area (TPSA) is 20.2 Å². The van der Waals surface area contributed by atoms with Crippen LogP contribution < -0.4 is 0 Å². The van der Waals surface area contributed by atoms with E-state index in [9.17, 15) is 5.11 Å². The standard InChI is InChI=1S/C14H10O/c1-9-11-4-2-3-5-12(11)13-7-6-10(15)8-14(9)13/h2-8,15H,1H2. The fraction of sp³-hybridized carbons (Fsp3) is 0. The van der Waals surface area contributed by atoms with Crippen LogP contribution in [0.15, 0.2) is 49.0 Å². The molecule has 0 unspecified atom stereocenters. The lowest BCUT2D eigenvalue weighted by molar-refractivity contribution is 0.475. The van der Waals surface area contributed by atoms with Crippen LogP contribution in [0.5, 0.6) is 5.75 Å². The van der Waals surface area contributed by atoms with Gasteiger partial charge in [0.2, 0.25) is 0 Å². The fourth-order valence-corrected chi connectivity index (χ4v) is 2.14. The molecule has 0 amide bonds. The van der Waals surface area contributed by atoms with Crippen molar-refractivity contribution in [1.82, 2.24) is 0 Å². The summed E-state index contributed by atoms with van der Waals surface area (Å²) in [6.07, 6.45) is 0. The molecule has 1 nitrogen and oxygen atoms in total. The van der Waals surface area contributed by atoms with Gasteiger partial charge in [-0.3, -0.25) is 0 Å². The number of rotatable bonds is 0. The molecule has 72 valence electrons. The van der Waals surface area contributed by atoms with E-state index in [4.69, 9.17) is 0 Å². The molecule has 1 heteroatoms. The SMILES string of the molecule is C=C1c2ccccc2-c2ccc(O)cc21. The molecule has 0 saturated heterocycles. The lowest BCUT2D eigenvalue weighted by atomic mass is 10.1. The lowest BCUT2D eigenvalue weighted by Crippen LogP contribution is -1.77. The predicted molar refractivity (Wildman–Crippen MR) is 61.7 cm³/mol. The third-order valence-corrected chi connectivity index (χ3v) is 2.87. The Morgan fingerprint density at radius 3 is 2.27 bits per heavy atom. The fourth-order valence-electron chi connectivity index (χ4n) is 2.14. The van der Waals surface area contributed by atoms with Gasteiger partial charge in [0.1, 0.15) is 5.75 Å². The van der Waals surface area contributed by atoms with Crippen LogP contribution in [0, 0.1) is 0 Å². The van der Waals surface area contributed by atoms with Crippen LogP contribution >= 0.6 is 0 Å². The molecule has 1 aliphatic rings. The number of phenols is 1. The molecule has 15 heavy (non-hydrogen) atoms. The van der Waals surface area contributed by atoms with Gasteiger partial charge in [-0.05, 0) is 40.0 Å². The monoisotopic (exact) mass is 194 g/mol. The van der Waals surface area contributed by atoms with Gasteiger partial charge in [-0.2, -0.15) is 0 Å². The molecule has 3 rings (SSSR count). The summed E-state index contributed by atoms with van der Waals surface area (Å²) in [4.78, 5) is 0. The summed E-state index contributed by atoms with van der Waals surface area (Å²) in [7, 11) is 0. The highest BCUT2D eigenvalue weighted by Crippen LogP contribution is 2.44. The largest absolute Gasteiger partial charge is 0.508 e. The minimum atomic E-state index is 0.294. The molecule has 0 radical (unpaired) electrons. The van der Waals surface area contributed by atoms with Crippen molar-refractivity contribution in [3.05, 3.63) is 60.2 Å². The van der Waals surface area contributed by atoms with Gasteiger partial charge in [-0.1, -0.05) is 36.9 Å². The highest BCUT2D eigenvalue weighted by Gasteiger charge is 2.21. The normalized spacial score (nSPS) is 12.4. The number of aromatic hydroxyl groups is 1. The summed E-state index contributed by atoms with van der Waals surface area (Å²) >= 11 is 0. The number of benzene rings is 2. The molecule has 2 aromatic rings. The third-order valence-electron chi connectivity index (χ3n) is 2.87. The zero-order valence-corrected chi connectivity index (χ0v) is 8.20. The van der Waals surface area contributed by atoms with Crippen LogP contribution in [0.3, 0.4) is 0 Å². The van der Waals surface area contributed by atoms with E-state index in [1.54, 1.807) is 12.1 Å². The Morgan fingerprint density at radius 1 is 0.800 bits per heavy atom. The van der Waals surface area contributed by atoms with E-state index >= 15 is 0 Å². The first kappa shape index (κ1) is 8.30. The summed E-state index contributed by atoms with van der Waals surface area (Å²) in [6.45, 7) is 4.07. The highest BCUT2D eigenvalue weighted by molar-refractivity contribution is 6.00. The lowest BCUT2D eigenvalue weighted by Gasteiger charge is -2.00. The molecule has 0 atom stereocenters. The van der Waals surface area contributed by atoms with E-state index in [0.29, 0.717) is 5.75 Å². The van der Waals surface area contributed by atoms with Gasteiger partial charge in [-0.25, -0.2) is 0 Å². The number of phenolic OH excluding ortho intramolecular Hbond substituents is 1. The highest BCUT2D eigenvalue weighted by atomic mass is 16.3. The quantitative estimate of drug-likeness (QED) is 0.581. The van der Waals surface area contributed by atoms with E-state index in [1.165, 1.54) is 5.56 Å². The predicted octanol–water partition coefficient (Wildman–Crippen LogP) is 3.43. The van der Waals surface area contributed by atoms with Gasteiger partial charge in [0.25, 0.3) is 0 Å². The first-order valence-electron chi connectivity index (χ1n) is 4.89. The zero-order valence-electron chi connectivity index (χ0n) is 8.20. The molecule has 1 aliphatic carbocycles. The van der Waals surface area contributed by atoms with E-state index in [-0.39, 0.29) is 0 Å². The van der Waals surface area contributed by atoms with E-state index in [0.717, 1.165) is 22.3 Å². The molecule has 0 aliphatic heterocycles. The Labute approximate surface area is 88.3 Å². The molecule has 0 saturated carbocycles. The first-order chi connectivity index (χ1) is 7.27.